The van der Waals surface area contributed by atoms with E-state index in [1.807, 2.05) is 38.1 Å². The predicted molar refractivity (Wildman–Crippen MR) is 66.5 cm³/mol. The van der Waals surface area contributed by atoms with Gasteiger partial charge in [0, 0.05) is 32.0 Å². The van der Waals surface area contributed by atoms with Crippen LogP contribution in [-0.4, -0.2) is 34.4 Å². The number of piperazine rings is 1. The molecule has 0 atom stereocenters. The highest BCUT2D eigenvalue weighted by Gasteiger charge is 2.34. The van der Waals surface area contributed by atoms with Crippen LogP contribution in [0.25, 0.3) is 0 Å². The fourth-order valence-electron chi connectivity index (χ4n) is 2.15. The van der Waals surface area contributed by atoms with Crippen molar-refractivity contribution in [3.05, 3.63) is 29.6 Å². The van der Waals surface area contributed by atoms with E-state index >= 15 is 0 Å². The van der Waals surface area contributed by atoms with Crippen LogP contribution in [-0.2, 0) is 11.3 Å². The highest BCUT2D eigenvalue weighted by molar-refractivity contribution is 5.86. The zero-order valence-corrected chi connectivity index (χ0v) is 10.7. The smallest absolute Gasteiger partial charge is 0.242 e. The third kappa shape index (κ3) is 2.64. The minimum Gasteiger partial charge on any atom is -0.335 e. The molecule has 1 N–H and O–H groups in total. The Morgan fingerprint density at radius 2 is 2.24 bits per heavy atom. The lowest BCUT2D eigenvalue weighted by Gasteiger charge is -2.38. The van der Waals surface area contributed by atoms with Gasteiger partial charge in [-0.15, -0.1) is 0 Å². The second-order valence-electron chi connectivity index (χ2n) is 5.15. The zero-order valence-electron chi connectivity index (χ0n) is 10.7. The van der Waals surface area contributed by atoms with Crippen molar-refractivity contribution in [1.82, 2.24) is 15.2 Å². The summed E-state index contributed by atoms with van der Waals surface area (Å²) < 4.78 is 0. The van der Waals surface area contributed by atoms with Crippen LogP contribution in [0.4, 0.5) is 0 Å². The van der Waals surface area contributed by atoms with Gasteiger partial charge in [0.1, 0.15) is 0 Å². The minimum absolute atomic E-state index is 0.158. The van der Waals surface area contributed by atoms with Crippen molar-refractivity contribution >= 4 is 5.91 Å². The van der Waals surface area contributed by atoms with Gasteiger partial charge in [-0.25, -0.2) is 0 Å². The number of nitrogens with one attached hydrogen (secondary N) is 1. The summed E-state index contributed by atoms with van der Waals surface area (Å²) in [6.07, 6.45) is 3.66. The number of amides is 1. The van der Waals surface area contributed by atoms with Crippen molar-refractivity contribution in [3.8, 4) is 0 Å². The van der Waals surface area contributed by atoms with Crippen LogP contribution < -0.4 is 5.32 Å². The Balaban J connectivity index is 2.11. The maximum atomic E-state index is 12.2. The second kappa shape index (κ2) is 4.45. The van der Waals surface area contributed by atoms with E-state index in [0.717, 1.165) is 24.2 Å². The summed E-state index contributed by atoms with van der Waals surface area (Å²) in [5, 5.41) is 3.23. The van der Waals surface area contributed by atoms with E-state index in [4.69, 9.17) is 0 Å². The Morgan fingerprint density at radius 3 is 2.94 bits per heavy atom. The van der Waals surface area contributed by atoms with Crippen molar-refractivity contribution in [2.24, 2.45) is 0 Å². The van der Waals surface area contributed by atoms with Crippen molar-refractivity contribution < 1.29 is 4.79 Å². The largest absolute Gasteiger partial charge is 0.335 e. The van der Waals surface area contributed by atoms with Gasteiger partial charge in [-0.2, -0.15) is 0 Å². The molecule has 1 fully saturated rings. The summed E-state index contributed by atoms with van der Waals surface area (Å²) in [6, 6.07) is 2.08. The average molecular weight is 233 g/mol. The first-order valence-electron chi connectivity index (χ1n) is 5.94. The SMILES string of the molecule is Cc1cncc(CN2CCNC(C)(C)C2=O)c1. The predicted octanol–water partition coefficient (Wildman–Crippen LogP) is 1.10. The first-order chi connectivity index (χ1) is 7.99. The number of carbonyl (C=O) groups is 1. The van der Waals surface area contributed by atoms with Crippen LogP contribution in [0, 0.1) is 6.92 Å². The van der Waals surface area contributed by atoms with Gasteiger partial charge in [0.2, 0.25) is 5.91 Å². The van der Waals surface area contributed by atoms with Crippen LogP contribution in [0.1, 0.15) is 25.0 Å². The Morgan fingerprint density at radius 1 is 1.47 bits per heavy atom. The molecule has 1 aromatic rings. The van der Waals surface area contributed by atoms with Crippen LogP contribution in [0.15, 0.2) is 18.5 Å². The quantitative estimate of drug-likeness (QED) is 0.832. The Hall–Kier alpha value is -1.42. The lowest BCUT2D eigenvalue weighted by molar-refractivity contribution is -0.140. The normalized spacial score (nSPS) is 19.5. The molecule has 2 heterocycles. The number of aryl methyl sites for hydroxylation is 1. The minimum atomic E-state index is -0.449. The molecular formula is C13H19N3O. The van der Waals surface area contributed by atoms with Gasteiger partial charge >= 0.3 is 0 Å². The molecule has 1 saturated heterocycles. The van der Waals surface area contributed by atoms with Gasteiger partial charge in [-0.05, 0) is 31.9 Å². The first kappa shape index (κ1) is 12.0. The molecule has 17 heavy (non-hydrogen) atoms. The van der Waals surface area contributed by atoms with Gasteiger partial charge in [0.15, 0.2) is 0 Å². The number of rotatable bonds is 2. The number of pyridine rings is 1. The molecule has 4 nitrogen and oxygen atoms in total. The Labute approximate surface area is 102 Å². The van der Waals surface area contributed by atoms with Crippen molar-refractivity contribution in [3.63, 3.8) is 0 Å². The molecule has 0 radical (unpaired) electrons. The zero-order chi connectivity index (χ0) is 12.5. The number of nitrogens with zero attached hydrogens (tertiary/aromatic N) is 2. The van der Waals surface area contributed by atoms with E-state index in [0.29, 0.717) is 6.54 Å². The molecule has 2 rings (SSSR count). The summed E-state index contributed by atoms with van der Waals surface area (Å²) >= 11 is 0. The van der Waals surface area contributed by atoms with E-state index in [1.165, 1.54) is 0 Å². The van der Waals surface area contributed by atoms with Crippen LogP contribution in [0.3, 0.4) is 0 Å². The maximum Gasteiger partial charge on any atom is 0.242 e. The number of aromatic nitrogens is 1. The van der Waals surface area contributed by atoms with Gasteiger partial charge in [0.05, 0.1) is 5.54 Å². The van der Waals surface area contributed by atoms with E-state index in [9.17, 15) is 4.79 Å². The van der Waals surface area contributed by atoms with Crippen LogP contribution >= 0.6 is 0 Å². The lowest BCUT2D eigenvalue weighted by atomic mass is 10.0. The molecule has 0 saturated carbocycles. The highest BCUT2D eigenvalue weighted by Crippen LogP contribution is 2.15. The molecule has 0 aromatic carbocycles. The number of hydrogen-bond acceptors (Lipinski definition) is 3. The third-order valence-electron chi connectivity index (χ3n) is 3.08. The second-order valence-corrected chi connectivity index (χ2v) is 5.15. The fraction of sp³-hybridized carbons (Fsp3) is 0.538. The molecule has 1 aromatic heterocycles. The molecular weight excluding hydrogens is 214 g/mol. The van der Waals surface area contributed by atoms with Crippen molar-refractivity contribution in [2.75, 3.05) is 13.1 Å². The maximum absolute atomic E-state index is 12.2. The number of hydrogen-bond donors (Lipinski definition) is 1. The average Bonchev–Trinajstić information content (AvgIpc) is 2.25. The molecule has 92 valence electrons. The molecule has 0 spiro atoms. The van der Waals surface area contributed by atoms with Crippen LogP contribution in [0.2, 0.25) is 0 Å². The van der Waals surface area contributed by atoms with Gasteiger partial charge in [-0.1, -0.05) is 6.07 Å². The van der Waals surface area contributed by atoms with E-state index in [2.05, 4.69) is 16.4 Å². The Bertz CT molecular complexity index is 428. The standard InChI is InChI=1S/C13H19N3O/c1-10-6-11(8-14-7-10)9-16-5-4-15-13(2,3)12(16)17/h6-8,15H,4-5,9H2,1-3H3. The fourth-order valence-corrected chi connectivity index (χ4v) is 2.15. The summed E-state index contributed by atoms with van der Waals surface area (Å²) in [4.78, 5) is 18.2. The van der Waals surface area contributed by atoms with Gasteiger partial charge in [-0.3, -0.25) is 9.78 Å². The van der Waals surface area contributed by atoms with Gasteiger partial charge < -0.3 is 10.2 Å². The number of carbonyl (C=O) groups excluding carboxylic acids is 1. The van der Waals surface area contributed by atoms with E-state index < -0.39 is 5.54 Å². The molecule has 0 aliphatic carbocycles. The topological polar surface area (TPSA) is 45.2 Å². The van der Waals surface area contributed by atoms with Crippen LogP contribution in [0.5, 0.6) is 0 Å². The molecule has 1 aliphatic heterocycles. The van der Waals surface area contributed by atoms with E-state index in [1.54, 1.807) is 0 Å². The lowest BCUT2D eigenvalue weighted by Crippen LogP contribution is -2.60. The van der Waals surface area contributed by atoms with Gasteiger partial charge in [0.25, 0.3) is 0 Å². The molecule has 4 heteroatoms. The van der Waals surface area contributed by atoms with E-state index in [-0.39, 0.29) is 5.91 Å². The summed E-state index contributed by atoms with van der Waals surface area (Å²) in [5.74, 6) is 0.158. The summed E-state index contributed by atoms with van der Waals surface area (Å²) in [7, 11) is 0. The highest BCUT2D eigenvalue weighted by atomic mass is 16.2. The summed E-state index contributed by atoms with van der Waals surface area (Å²) in [5.41, 5.74) is 1.77. The van der Waals surface area contributed by atoms with Crippen molar-refractivity contribution in [2.45, 2.75) is 32.9 Å². The molecule has 0 bridgehead atoms. The Kier molecular flexibility index (Phi) is 3.15. The molecule has 1 amide bonds. The van der Waals surface area contributed by atoms with Crippen molar-refractivity contribution in [1.29, 1.82) is 0 Å². The molecule has 1 aliphatic rings. The first-order valence-corrected chi connectivity index (χ1v) is 5.94. The summed E-state index contributed by atoms with van der Waals surface area (Å²) in [6.45, 7) is 8.12. The monoisotopic (exact) mass is 233 g/mol. The molecule has 0 unspecified atom stereocenters. The third-order valence-corrected chi connectivity index (χ3v) is 3.08.